The van der Waals surface area contributed by atoms with Crippen molar-refractivity contribution in [2.75, 3.05) is 0 Å². The molecule has 1 amide bonds. The Hall–Kier alpha value is -3.23. The molecule has 9 nitrogen and oxygen atoms in total. The monoisotopic (exact) mass is 387 g/mol. The minimum atomic E-state index is -1.40. The van der Waals surface area contributed by atoms with Gasteiger partial charge in [0.25, 0.3) is 11.6 Å². The molecular weight excluding hydrogens is 366 g/mol. The van der Waals surface area contributed by atoms with E-state index in [9.17, 15) is 29.6 Å². The van der Waals surface area contributed by atoms with Crippen LogP contribution in [0.25, 0.3) is 10.9 Å². The van der Waals surface area contributed by atoms with Gasteiger partial charge in [-0.15, -0.1) is 0 Å². The normalized spacial score (nSPS) is 22.0. The average Bonchev–Trinajstić information content (AvgIpc) is 2.67. The number of carboxylic acid groups (broad SMARTS) is 1. The van der Waals surface area contributed by atoms with Crippen LogP contribution in [-0.2, 0) is 4.79 Å². The highest BCUT2D eigenvalue weighted by Crippen LogP contribution is 2.34. The van der Waals surface area contributed by atoms with Gasteiger partial charge in [0.2, 0.25) is 5.56 Å². The second-order valence-electron chi connectivity index (χ2n) is 7.23. The maximum atomic E-state index is 12.9. The SMILES string of the molecule is CCC1CCC(NC(=O)c2cc(=O)[nH]c3ccc([N+](=O)[O-])cc23)(C(=O)O)CC1. The number of amides is 1. The van der Waals surface area contributed by atoms with Gasteiger partial charge in [-0.3, -0.25) is 19.7 Å². The van der Waals surface area contributed by atoms with Crippen LogP contribution in [0.15, 0.2) is 29.1 Å². The lowest BCUT2D eigenvalue weighted by molar-refractivity contribution is -0.384. The summed E-state index contributed by atoms with van der Waals surface area (Å²) in [5.74, 6) is -1.42. The van der Waals surface area contributed by atoms with E-state index in [-0.39, 0.29) is 22.2 Å². The first-order chi connectivity index (χ1) is 13.3. The van der Waals surface area contributed by atoms with Gasteiger partial charge in [0.15, 0.2) is 0 Å². The molecular formula is C19H21N3O6. The van der Waals surface area contributed by atoms with Crippen LogP contribution < -0.4 is 10.9 Å². The van der Waals surface area contributed by atoms with E-state index in [4.69, 9.17) is 0 Å². The molecule has 0 spiro atoms. The van der Waals surface area contributed by atoms with E-state index in [1.54, 1.807) is 0 Å². The Morgan fingerprint density at radius 3 is 2.57 bits per heavy atom. The largest absolute Gasteiger partial charge is 0.480 e. The highest BCUT2D eigenvalue weighted by Gasteiger charge is 2.43. The predicted molar refractivity (Wildman–Crippen MR) is 101 cm³/mol. The predicted octanol–water partition coefficient (Wildman–Crippen LogP) is 2.59. The molecule has 9 heteroatoms. The number of hydrogen-bond acceptors (Lipinski definition) is 5. The van der Waals surface area contributed by atoms with Gasteiger partial charge in [-0.25, -0.2) is 4.79 Å². The smallest absolute Gasteiger partial charge is 0.329 e. The third kappa shape index (κ3) is 3.60. The first-order valence-electron chi connectivity index (χ1n) is 9.13. The number of nitrogens with zero attached hydrogens (tertiary/aromatic N) is 1. The van der Waals surface area contributed by atoms with Gasteiger partial charge in [-0.1, -0.05) is 13.3 Å². The number of H-pyrrole nitrogens is 1. The van der Waals surface area contributed by atoms with Crippen molar-refractivity contribution in [3.63, 3.8) is 0 Å². The van der Waals surface area contributed by atoms with Crippen molar-refractivity contribution in [2.24, 2.45) is 5.92 Å². The number of benzene rings is 1. The molecule has 148 valence electrons. The number of pyridine rings is 1. The molecule has 0 aliphatic heterocycles. The molecule has 0 radical (unpaired) electrons. The van der Waals surface area contributed by atoms with Gasteiger partial charge in [0, 0.05) is 29.1 Å². The van der Waals surface area contributed by atoms with Crippen molar-refractivity contribution in [2.45, 2.75) is 44.6 Å². The Morgan fingerprint density at radius 2 is 2.00 bits per heavy atom. The molecule has 1 aliphatic carbocycles. The van der Waals surface area contributed by atoms with Crippen LogP contribution in [-0.4, -0.2) is 32.4 Å². The molecule has 1 aromatic heterocycles. The zero-order chi connectivity index (χ0) is 20.5. The number of aromatic nitrogens is 1. The number of carbonyl (C=O) groups is 2. The summed E-state index contributed by atoms with van der Waals surface area (Å²) in [4.78, 5) is 49.8. The molecule has 28 heavy (non-hydrogen) atoms. The molecule has 3 rings (SSSR count). The molecule has 1 saturated carbocycles. The molecule has 1 aliphatic rings. The van der Waals surface area contributed by atoms with Crippen LogP contribution in [0.5, 0.6) is 0 Å². The fraction of sp³-hybridized carbons (Fsp3) is 0.421. The van der Waals surface area contributed by atoms with Crippen LogP contribution in [0.2, 0.25) is 0 Å². The number of aliphatic carboxylic acids is 1. The Balaban J connectivity index is 2.00. The number of nitro groups is 1. The van der Waals surface area contributed by atoms with Gasteiger partial charge in [0.05, 0.1) is 10.5 Å². The second-order valence-corrected chi connectivity index (χ2v) is 7.23. The molecule has 1 fully saturated rings. The number of rotatable bonds is 5. The summed E-state index contributed by atoms with van der Waals surface area (Å²) in [5.41, 5.74) is -2.00. The Bertz CT molecular complexity index is 1000. The van der Waals surface area contributed by atoms with E-state index >= 15 is 0 Å². The van der Waals surface area contributed by atoms with Crippen molar-refractivity contribution < 1.29 is 19.6 Å². The molecule has 1 aromatic carbocycles. The van der Waals surface area contributed by atoms with Crippen molar-refractivity contribution in [1.29, 1.82) is 0 Å². The summed E-state index contributed by atoms with van der Waals surface area (Å²) >= 11 is 0. The van der Waals surface area contributed by atoms with Crippen LogP contribution in [0.4, 0.5) is 5.69 Å². The van der Waals surface area contributed by atoms with Crippen molar-refractivity contribution >= 4 is 28.5 Å². The molecule has 2 aromatic rings. The summed E-state index contributed by atoms with van der Waals surface area (Å²) in [7, 11) is 0. The summed E-state index contributed by atoms with van der Waals surface area (Å²) < 4.78 is 0. The summed E-state index contributed by atoms with van der Waals surface area (Å²) in [5, 5.41) is 23.6. The molecule has 0 saturated heterocycles. The van der Waals surface area contributed by atoms with E-state index in [2.05, 4.69) is 10.3 Å². The Labute approximate surface area is 159 Å². The number of fused-ring (bicyclic) bond motifs is 1. The van der Waals surface area contributed by atoms with E-state index in [1.807, 2.05) is 6.92 Å². The lowest BCUT2D eigenvalue weighted by atomic mass is 9.75. The van der Waals surface area contributed by atoms with E-state index in [1.165, 1.54) is 18.2 Å². The number of hydrogen-bond donors (Lipinski definition) is 3. The fourth-order valence-corrected chi connectivity index (χ4v) is 3.80. The van der Waals surface area contributed by atoms with Gasteiger partial charge >= 0.3 is 5.97 Å². The zero-order valence-electron chi connectivity index (χ0n) is 15.4. The van der Waals surface area contributed by atoms with Crippen LogP contribution in [0.3, 0.4) is 0 Å². The van der Waals surface area contributed by atoms with Gasteiger partial charge in [0.1, 0.15) is 5.54 Å². The molecule has 0 bridgehead atoms. The van der Waals surface area contributed by atoms with E-state index in [0.717, 1.165) is 12.5 Å². The molecule has 0 atom stereocenters. The van der Waals surface area contributed by atoms with Crippen LogP contribution >= 0.6 is 0 Å². The van der Waals surface area contributed by atoms with Gasteiger partial charge in [-0.05, 0) is 37.7 Å². The minimum absolute atomic E-state index is 0.0827. The van der Waals surface area contributed by atoms with Crippen molar-refractivity contribution in [3.8, 4) is 0 Å². The minimum Gasteiger partial charge on any atom is -0.480 e. The second kappa shape index (κ2) is 7.41. The number of aromatic amines is 1. The van der Waals surface area contributed by atoms with E-state index < -0.39 is 27.9 Å². The first kappa shape index (κ1) is 19.5. The lowest BCUT2D eigenvalue weighted by Gasteiger charge is -2.37. The first-order valence-corrected chi connectivity index (χ1v) is 9.13. The Morgan fingerprint density at radius 1 is 1.32 bits per heavy atom. The fourth-order valence-electron chi connectivity index (χ4n) is 3.80. The number of carbonyl (C=O) groups excluding carboxylic acids is 1. The summed E-state index contributed by atoms with van der Waals surface area (Å²) in [6, 6.07) is 4.81. The lowest BCUT2D eigenvalue weighted by Crippen LogP contribution is -2.56. The standard InChI is InChI=1S/C19H21N3O6/c1-2-11-5-7-19(8-6-11,18(25)26)21-17(24)14-10-16(23)20-15-4-3-12(22(27)28)9-13(14)15/h3-4,9-11H,2,5-8H2,1H3,(H,20,23)(H,21,24)(H,25,26). The molecule has 0 unspecified atom stereocenters. The van der Waals surface area contributed by atoms with E-state index in [0.29, 0.717) is 31.6 Å². The van der Waals surface area contributed by atoms with Crippen molar-refractivity contribution in [1.82, 2.24) is 10.3 Å². The third-order valence-electron chi connectivity index (χ3n) is 5.58. The number of nitrogens with one attached hydrogen (secondary N) is 2. The van der Waals surface area contributed by atoms with Crippen LogP contribution in [0, 0.1) is 16.0 Å². The maximum absolute atomic E-state index is 12.9. The highest BCUT2D eigenvalue weighted by molar-refractivity contribution is 6.08. The molecule has 3 N–H and O–H groups in total. The summed E-state index contributed by atoms with van der Waals surface area (Å²) in [6.07, 6.45) is 2.92. The summed E-state index contributed by atoms with van der Waals surface area (Å²) in [6.45, 7) is 2.05. The number of non-ortho nitro benzene ring substituents is 1. The number of nitro benzene ring substituents is 1. The molecule has 1 heterocycles. The topological polar surface area (TPSA) is 142 Å². The Kier molecular flexibility index (Phi) is 5.17. The van der Waals surface area contributed by atoms with Crippen LogP contribution in [0.1, 0.15) is 49.4 Å². The highest BCUT2D eigenvalue weighted by atomic mass is 16.6. The maximum Gasteiger partial charge on any atom is 0.329 e. The van der Waals surface area contributed by atoms with Crippen molar-refractivity contribution in [3.05, 3.63) is 50.3 Å². The average molecular weight is 387 g/mol. The third-order valence-corrected chi connectivity index (χ3v) is 5.58. The zero-order valence-corrected chi connectivity index (χ0v) is 15.4. The quantitative estimate of drug-likeness (QED) is 0.531. The number of carboxylic acids is 1. The van der Waals surface area contributed by atoms with Gasteiger partial charge in [-0.2, -0.15) is 0 Å². The van der Waals surface area contributed by atoms with Gasteiger partial charge < -0.3 is 15.4 Å².